The first-order valence-electron chi connectivity index (χ1n) is 3.36. The quantitative estimate of drug-likeness (QED) is 0.548. The lowest BCUT2D eigenvalue weighted by Gasteiger charge is -1.99. The summed E-state index contributed by atoms with van der Waals surface area (Å²) in [5.74, 6) is 0. The standard InChI is InChI=1S/C7H15NO/c1-2-3-4-7(9)5-6-8/h3-4,7,9H,2,5-6,8H2,1H3/b4-3+/t7-/m1/s1. The van der Waals surface area contributed by atoms with Crippen LogP contribution in [0.3, 0.4) is 0 Å². The molecule has 0 fully saturated rings. The van der Waals surface area contributed by atoms with Crippen LogP contribution in [-0.4, -0.2) is 17.8 Å². The fourth-order valence-corrected chi connectivity index (χ4v) is 0.560. The highest BCUT2D eigenvalue weighted by atomic mass is 16.3. The first-order valence-corrected chi connectivity index (χ1v) is 3.36. The molecule has 0 aliphatic rings. The average molecular weight is 129 g/mol. The van der Waals surface area contributed by atoms with Gasteiger partial charge in [0.1, 0.15) is 0 Å². The van der Waals surface area contributed by atoms with Gasteiger partial charge in [-0.05, 0) is 19.4 Å². The largest absolute Gasteiger partial charge is 0.389 e. The average Bonchev–Trinajstić information content (AvgIpc) is 1.85. The smallest absolute Gasteiger partial charge is 0.0732 e. The van der Waals surface area contributed by atoms with Crippen molar-refractivity contribution in [2.75, 3.05) is 6.54 Å². The van der Waals surface area contributed by atoms with E-state index in [0.717, 1.165) is 6.42 Å². The predicted molar refractivity (Wildman–Crippen MR) is 39.1 cm³/mol. The lowest BCUT2D eigenvalue weighted by Crippen LogP contribution is -2.10. The number of hydrogen-bond donors (Lipinski definition) is 2. The molecule has 9 heavy (non-hydrogen) atoms. The molecule has 0 heterocycles. The maximum absolute atomic E-state index is 9.01. The molecule has 0 bridgehead atoms. The van der Waals surface area contributed by atoms with Crippen molar-refractivity contribution in [1.82, 2.24) is 0 Å². The zero-order chi connectivity index (χ0) is 7.11. The third-order valence-electron chi connectivity index (χ3n) is 1.06. The van der Waals surface area contributed by atoms with Crippen molar-refractivity contribution >= 4 is 0 Å². The lowest BCUT2D eigenvalue weighted by atomic mass is 10.2. The summed E-state index contributed by atoms with van der Waals surface area (Å²) in [5, 5.41) is 9.01. The molecule has 54 valence electrons. The normalized spacial score (nSPS) is 14.6. The van der Waals surface area contributed by atoms with E-state index in [4.69, 9.17) is 10.8 Å². The van der Waals surface area contributed by atoms with Crippen LogP contribution in [0.4, 0.5) is 0 Å². The molecule has 0 unspecified atom stereocenters. The van der Waals surface area contributed by atoms with Gasteiger partial charge in [-0.2, -0.15) is 0 Å². The highest BCUT2D eigenvalue weighted by Crippen LogP contribution is 1.91. The topological polar surface area (TPSA) is 46.2 Å². The van der Waals surface area contributed by atoms with E-state index in [1.807, 2.05) is 13.0 Å². The maximum atomic E-state index is 9.01. The van der Waals surface area contributed by atoms with Crippen LogP contribution < -0.4 is 5.73 Å². The van der Waals surface area contributed by atoms with Crippen LogP contribution in [0.15, 0.2) is 12.2 Å². The molecule has 0 aromatic heterocycles. The molecule has 2 heteroatoms. The van der Waals surface area contributed by atoms with Gasteiger partial charge in [0.2, 0.25) is 0 Å². The second-order valence-electron chi connectivity index (χ2n) is 1.98. The van der Waals surface area contributed by atoms with Crippen LogP contribution in [0.2, 0.25) is 0 Å². The zero-order valence-corrected chi connectivity index (χ0v) is 5.88. The molecule has 0 spiro atoms. The molecule has 2 nitrogen and oxygen atoms in total. The molecular weight excluding hydrogens is 114 g/mol. The minimum Gasteiger partial charge on any atom is -0.389 e. The van der Waals surface area contributed by atoms with Crippen LogP contribution >= 0.6 is 0 Å². The molecule has 0 aliphatic carbocycles. The summed E-state index contributed by atoms with van der Waals surface area (Å²) in [6.45, 7) is 2.58. The Morgan fingerprint density at radius 3 is 2.78 bits per heavy atom. The van der Waals surface area contributed by atoms with Gasteiger partial charge in [0.05, 0.1) is 6.10 Å². The Morgan fingerprint density at radius 1 is 1.67 bits per heavy atom. The molecule has 1 atom stereocenters. The van der Waals surface area contributed by atoms with Gasteiger partial charge in [0.15, 0.2) is 0 Å². The van der Waals surface area contributed by atoms with Crippen molar-refractivity contribution in [3.63, 3.8) is 0 Å². The molecule has 0 saturated heterocycles. The number of aliphatic hydroxyl groups is 1. The number of rotatable bonds is 4. The minimum atomic E-state index is -0.338. The van der Waals surface area contributed by atoms with Gasteiger partial charge in [-0.15, -0.1) is 0 Å². The van der Waals surface area contributed by atoms with Crippen molar-refractivity contribution in [1.29, 1.82) is 0 Å². The Hall–Kier alpha value is -0.340. The third kappa shape index (κ3) is 5.53. The minimum absolute atomic E-state index is 0.338. The SMILES string of the molecule is CC/C=C/[C@@H](O)CCN. The van der Waals surface area contributed by atoms with Gasteiger partial charge in [-0.25, -0.2) is 0 Å². The fraction of sp³-hybridized carbons (Fsp3) is 0.714. The summed E-state index contributed by atoms with van der Waals surface area (Å²) in [4.78, 5) is 0. The Labute approximate surface area is 56.4 Å². The number of allylic oxidation sites excluding steroid dienone is 1. The monoisotopic (exact) mass is 129 g/mol. The second-order valence-corrected chi connectivity index (χ2v) is 1.98. The molecular formula is C7H15NO. The van der Waals surface area contributed by atoms with Gasteiger partial charge >= 0.3 is 0 Å². The zero-order valence-electron chi connectivity index (χ0n) is 5.88. The van der Waals surface area contributed by atoms with Crippen molar-refractivity contribution < 1.29 is 5.11 Å². The van der Waals surface area contributed by atoms with Crippen molar-refractivity contribution in [2.24, 2.45) is 5.73 Å². The molecule has 3 N–H and O–H groups in total. The summed E-state index contributed by atoms with van der Waals surface area (Å²) in [6, 6.07) is 0. The summed E-state index contributed by atoms with van der Waals surface area (Å²) >= 11 is 0. The lowest BCUT2D eigenvalue weighted by molar-refractivity contribution is 0.215. The van der Waals surface area contributed by atoms with Crippen LogP contribution in [0, 0.1) is 0 Å². The summed E-state index contributed by atoms with van der Waals surface area (Å²) in [5.41, 5.74) is 5.21. The van der Waals surface area contributed by atoms with Gasteiger partial charge in [-0.3, -0.25) is 0 Å². The van der Waals surface area contributed by atoms with Crippen LogP contribution in [0.5, 0.6) is 0 Å². The highest BCUT2D eigenvalue weighted by molar-refractivity contribution is 4.87. The van der Waals surface area contributed by atoms with Crippen LogP contribution in [0.1, 0.15) is 19.8 Å². The molecule has 0 aromatic rings. The fourth-order valence-electron chi connectivity index (χ4n) is 0.560. The van der Waals surface area contributed by atoms with E-state index >= 15 is 0 Å². The van der Waals surface area contributed by atoms with Crippen molar-refractivity contribution in [3.8, 4) is 0 Å². The molecule has 0 radical (unpaired) electrons. The third-order valence-corrected chi connectivity index (χ3v) is 1.06. The maximum Gasteiger partial charge on any atom is 0.0732 e. The molecule has 0 saturated carbocycles. The first kappa shape index (κ1) is 8.66. The van der Waals surface area contributed by atoms with Gasteiger partial charge in [-0.1, -0.05) is 19.1 Å². The van der Waals surface area contributed by atoms with E-state index in [-0.39, 0.29) is 6.10 Å². The van der Waals surface area contributed by atoms with Gasteiger partial charge < -0.3 is 10.8 Å². The van der Waals surface area contributed by atoms with E-state index in [2.05, 4.69) is 0 Å². The molecule has 0 amide bonds. The number of aliphatic hydroxyl groups excluding tert-OH is 1. The Balaban J connectivity index is 3.25. The van der Waals surface area contributed by atoms with E-state index in [9.17, 15) is 0 Å². The molecule has 0 aromatic carbocycles. The van der Waals surface area contributed by atoms with Gasteiger partial charge in [0, 0.05) is 0 Å². The van der Waals surface area contributed by atoms with E-state index < -0.39 is 0 Å². The number of hydrogen-bond acceptors (Lipinski definition) is 2. The Morgan fingerprint density at radius 2 is 2.33 bits per heavy atom. The second kappa shape index (κ2) is 5.79. The van der Waals surface area contributed by atoms with Crippen molar-refractivity contribution in [3.05, 3.63) is 12.2 Å². The van der Waals surface area contributed by atoms with Gasteiger partial charge in [0.25, 0.3) is 0 Å². The van der Waals surface area contributed by atoms with E-state index in [1.54, 1.807) is 6.08 Å². The number of nitrogens with two attached hydrogens (primary N) is 1. The first-order chi connectivity index (χ1) is 4.31. The summed E-state index contributed by atoms with van der Waals surface area (Å²) < 4.78 is 0. The predicted octanol–water partition coefficient (Wildman–Crippen LogP) is 0.662. The molecule has 0 rings (SSSR count). The van der Waals surface area contributed by atoms with Crippen molar-refractivity contribution in [2.45, 2.75) is 25.9 Å². The Kier molecular flexibility index (Phi) is 5.57. The molecule has 0 aliphatic heterocycles. The van der Waals surface area contributed by atoms with E-state index in [0.29, 0.717) is 13.0 Å². The summed E-state index contributed by atoms with van der Waals surface area (Å²) in [7, 11) is 0. The van der Waals surface area contributed by atoms with Crippen LogP contribution in [0.25, 0.3) is 0 Å². The van der Waals surface area contributed by atoms with Crippen LogP contribution in [-0.2, 0) is 0 Å². The Bertz CT molecular complexity index is 81.0. The highest BCUT2D eigenvalue weighted by Gasteiger charge is 1.93. The van der Waals surface area contributed by atoms with E-state index in [1.165, 1.54) is 0 Å². The summed E-state index contributed by atoms with van der Waals surface area (Å²) in [6.07, 6.45) is 5.03.